The number of para-hydroxylation sites is 1. The van der Waals surface area contributed by atoms with Crippen molar-refractivity contribution in [3.05, 3.63) is 104 Å². The number of hydrogen-bond donors (Lipinski definition) is 1. The number of nitrogens with zero attached hydrogens (tertiary/aromatic N) is 4. The van der Waals surface area contributed by atoms with Gasteiger partial charge in [0.25, 0.3) is 11.4 Å². The van der Waals surface area contributed by atoms with E-state index in [9.17, 15) is 34.6 Å². The van der Waals surface area contributed by atoms with Gasteiger partial charge < -0.3 is 10.2 Å². The van der Waals surface area contributed by atoms with Crippen LogP contribution in [0.3, 0.4) is 0 Å². The Labute approximate surface area is 226 Å². The number of fused-ring (bicyclic) bond motifs is 5. The van der Waals surface area contributed by atoms with Gasteiger partial charge in [0.15, 0.2) is 0 Å². The van der Waals surface area contributed by atoms with E-state index in [1.807, 2.05) is 36.4 Å². The third kappa shape index (κ3) is 3.72. The van der Waals surface area contributed by atoms with Crippen LogP contribution in [0.5, 0.6) is 0 Å². The molecule has 0 unspecified atom stereocenters. The van der Waals surface area contributed by atoms with Crippen molar-refractivity contribution in [2.45, 2.75) is 19.0 Å². The first-order valence-corrected chi connectivity index (χ1v) is 12.4. The molecule has 12 heteroatoms. The van der Waals surface area contributed by atoms with Gasteiger partial charge >= 0.3 is 0 Å². The SMILES string of the molecule is Cc1cc([N+](=O)[O-])ccc1N1C(=O)[C@@H]2[C@H](C1=O)[C@H](C(=O)Nc1ccc([N+](=O)[O-])cc1)N1c3ccccc3C=C[C@H]21. The second-order valence-electron chi connectivity index (χ2n) is 9.85. The first-order valence-electron chi connectivity index (χ1n) is 12.4. The molecule has 3 heterocycles. The number of benzene rings is 3. The predicted octanol–water partition coefficient (Wildman–Crippen LogP) is 3.84. The zero-order valence-electron chi connectivity index (χ0n) is 21.0. The summed E-state index contributed by atoms with van der Waals surface area (Å²) in [6, 6.07) is 14.9. The standard InChI is InChI=1S/C28H21N5O7/c1-15-14-19(33(39)40)11-13-20(15)31-27(35)23-22-12-6-16-4-2-3-5-21(16)30(22)25(24(23)28(31)36)26(34)29-17-7-9-18(10-8-17)32(37)38/h2-14,22-25H,1H3,(H,29,34)/t22-,23+,24+,25-/m1/s1. The van der Waals surface area contributed by atoms with E-state index in [2.05, 4.69) is 5.32 Å². The molecule has 40 heavy (non-hydrogen) atoms. The van der Waals surface area contributed by atoms with Crippen molar-refractivity contribution in [2.24, 2.45) is 11.8 Å². The smallest absolute Gasteiger partial charge is 0.269 e. The minimum absolute atomic E-state index is 0.139. The van der Waals surface area contributed by atoms with Gasteiger partial charge in [-0.05, 0) is 42.3 Å². The fraction of sp³-hybridized carbons (Fsp3) is 0.179. The fourth-order valence-electron chi connectivity index (χ4n) is 5.94. The number of anilines is 3. The Hall–Kier alpha value is -5.39. The van der Waals surface area contributed by atoms with E-state index in [0.717, 1.165) is 10.5 Å². The molecule has 0 aromatic heterocycles. The molecule has 0 radical (unpaired) electrons. The summed E-state index contributed by atoms with van der Waals surface area (Å²) in [6.45, 7) is 1.58. The van der Waals surface area contributed by atoms with Crippen LogP contribution in [0.15, 0.2) is 72.8 Å². The molecule has 200 valence electrons. The van der Waals surface area contributed by atoms with Crippen molar-refractivity contribution in [1.29, 1.82) is 0 Å². The van der Waals surface area contributed by atoms with Gasteiger partial charge in [0, 0.05) is 35.6 Å². The number of amides is 3. The molecule has 0 aliphatic carbocycles. The molecule has 3 aromatic rings. The number of non-ortho nitro benzene ring substituents is 2. The molecule has 3 aromatic carbocycles. The molecule has 0 spiro atoms. The summed E-state index contributed by atoms with van der Waals surface area (Å²) in [4.78, 5) is 65.7. The number of imide groups is 1. The summed E-state index contributed by atoms with van der Waals surface area (Å²) in [5, 5.41) is 25.0. The highest BCUT2D eigenvalue weighted by atomic mass is 16.6. The maximum absolute atomic E-state index is 14.0. The van der Waals surface area contributed by atoms with Gasteiger partial charge in [-0.25, -0.2) is 4.90 Å². The van der Waals surface area contributed by atoms with Crippen LogP contribution < -0.4 is 15.1 Å². The fourth-order valence-corrected chi connectivity index (χ4v) is 5.94. The van der Waals surface area contributed by atoms with Crippen LogP contribution in [0.4, 0.5) is 28.4 Å². The first-order chi connectivity index (χ1) is 19.2. The number of carbonyl (C=O) groups excluding carboxylic acids is 3. The summed E-state index contributed by atoms with van der Waals surface area (Å²) >= 11 is 0. The van der Waals surface area contributed by atoms with Crippen LogP contribution in [0.2, 0.25) is 0 Å². The Morgan fingerprint density at radius 2 is 1.50 bits per heavy atom. The van der Waals surface area contributed by atoms with E-state index in [1.54, 1.807) is 11.8 Å². The van der Waals surface area contributed by atoms with Crippen LogP contribution in [0.1, 0.15) is 11.1 Å². The predicted molar refractivity (Wildman–Crippen MR) is 145 cm³/mol. The Morgan fingerprint density at radius 1 is 0.850 bits per heavy atom. The zero-order chi connectivity index (χ0) is 28.3. The average molecular weight is 540 g/mol. The number of aryl methyl sites for hydroxylation is 1. The van der Waals surface area contributed by atoms with E-state index < -0.39 is 51.5 Å². The summed E-state index contributed by atoms with van der Waals surface area (Å²) in [7, 11) is 0. The molecule has 2 fully saturated rings. The number of nitro groups is 2. The zero-order valence-corrected chi connectivity index (χ0v) is 21.0. The van der Waals surface area contributed by atoms with Crippen molar-refractivity contribution in [3.8, 4) is 0 Å². The number of nitro benzene ring substituents is 2. The average Bonchev–Trinajstić information content (AvgIpc) is 3.41. The lowest BCUT2D eigenvalue weighted by Gasteiger charge is -2.36. The first kappa shape index (κ1) is 24.9. The second-order valence-corrected chi connectivity index (χ2v) is 9.85. The van der Waals surface area contributed by atoms with E-state index >= 15 is 0 Å². The van der Waals surface area contributed by atoms with Crippen molar-refractivity contribution in [2.75, 3.05) is 15.1 Å². The van der Waals surface area contributed by atoms with Gasteiger partial charge in [0.05, 0.1) is 33.4 Å². The highest BCUT2D eigenvalue weighted by Gasteiger charge is 2.64. The molecule has 6 rings (SSSR count). The quantitative estimate of drug-likeness (QED) is 0.291. The summed E-state index contributed by atoms with van der Waals surface area (Å²) in [6.07, 6.45) is 3.68. The molecule has 0 saturated carbocycles. The van der Waals surface area contributed by atoms with Gasteiger partial charge in [0.2, 0.25) is 17.7 Å². The molecule has 1 N–H and O–H groups in total. The molecular formula is C28H21N5O7. The lowest BCUT2D eigenvalue weighted by molar-refractivity contribution is -0.385. The summed E-state index contributed by atoms with van der Waals surface area (Å²) < 4.78 is 0. The Bertz CT molecular complexity index is 1650. The lowest BCUT2D eigenvalue weighted by Crippen LogP contribution is -2.50. The van der Waals surface area contributed by atoms with Crippen LogP contribution >= 0.6 is 0 Å². The Balaban J connectivity index is 1.41. The highest BCUT2D eigenvalue weighted by Crippen LogP contribution is 2.49. The Kier molecular flexibility index (Phi) is 5.68. The number of carbonyl (C=O) groups is 3. The van der Waals surface area contributed by atoms with Crippen molar-refractivity contribution >= 4 is 52.2 Å². The third-order valence-electron chi connectivity index (χ3n) is 7.66. The number of nitrogens with one attached hydrogen (secondary N) is 1. The molecule has 0 bridgehead atoms. The lowest BCUT2D eigenvalue weighted by atomic mass is 9.88. The molecule has 3 aliphatic rings. The topological polar surface area (TPSA) is 156 Å². The normalized spacial score (nSPS) is 22.5. The maximum atomic E-state index is 14.0. The van der Waals surface area contributed by atoms with Crippen LogP contribution in [-0.2, 0) is 14.4 Å². The van der Waals surface area contributed by atoms with Crippen molar-refractivity contribution < 1.29 is 24.2 Å². The molecule has 3 amide bonds. The molecular weight excluding hydrogens is 518 g/mol. The van der Waals surface area contributed by atoms with Gasteiger partial charge in [-0.1, -0.05) is 30.4 Å². The minimum atomic E-state index is -1.07. The molecule has 4 atom stereocenters. The molecule has 3 aliphatic heterocycles. The second kappa shape index (κ2) is 9.12. The summed E-state index contributed by atoms with van der Waals surface area (Å²) in [5.41, 5.74) is 2.14. The van der Waals surface area contributed by atoms with E-state index in [4.69, 9.17) is 0 Å². The van der Waals surface area contributed by atoms with E-state index in [-0.39, 0.29) is 17.1 Å². The van der Waals surface area contributed by atoms with Gasteiger partial charge in [-0.2, -0.15) is 0 Å². The number of rotatable bonds is 5. The Morgan fingerprint density at radius 3 is 2.17 bits per heavy atom. The van der Waals surface area contributed by atoms with Crippen LogP contribution in [0, 0.1) is 39.0 Å². The molecule has 12 nitrogen and oxygen atoms in total. The van der Waals surface area contributed by atoms with Crippen LogP contribution in [-0.4, -0.2) is 39.7 Å². The van der Waals surface area contributed by atoms with Gasteiger partial charge in [0.1, 0.15) is 6.04 Å². The van der Waals surface area contributed by atoms with Crippen LogP contribution in [0.25, 0.3) is 6.08 Å². The highest BCUT2D eigenvalue weighted by molar-refractivity contribution is 6.25. The third-order valence-corrected chi connectivity index (χ3v) is 7.66. The van der Waals surface area contributed by atoms with Crippen molar-refractivity contribution in [3.63, 3.8) is 0 Å². The maximum Gasteiger partial charge on any atom is 0.269 e. The van der Waals surface area contributed by atoms with Gasteiger partial charge in [-0.15, -0.1) is 0 Å². The van der Waals surface area contributed by atoms with Gasteiger partial charge in [-0.3, -0.25) is 34.6 Å². The largest absolute Gasteiger partial charge is 0.351 e. The minimum Gasteiger partial charge on any atom is -0.351 e. The number of hydrogen-bond acceptors (Lipinski definition) is 8. The van der Waals surface area contributed by atoms with E-state index in [0.29, 0.717) is 16.9 Å². The molecule has 2 saturated heterocycles. The monoisotopic (exact) mass is 539 g/mol. The van der Waals surface area contributed by atoms with E-state index in [1.165, 1.54) is 42.5 Å². The summed E-state index contributed by atoms with van der Waals surface area (Å²) in [5.74, 6) is -3.52. The van der Waals surface area contributed by atoms with Crippen molar-refractivity contribution in [1.82, 2.24) is 0 Å².